The van der Waals surface area contributed by atoms with Crippen molar-refractivity contribution in [3.8, 4) is 5.75 Å². The van der Waals surface area contributed by atoms with Crippen LogP contribution in [0.3, 0.4) is 0 Å². The van der Waals surface area contributed by atoms with Gasteiger partial charge < -0.3 is 10.1 Å². The zero-order valence-corrected chi connectivity index (χ0v) is 13.1. The van der Waals surface area contributed by atoms with Gasteiger partial charge in [-0.25, -0.2) is 0 Å². The summed E-state index contributed by atoms with van der Waals surface area (Å²) in [5.74, 6) is 0.105. The van der Waals surface area contributed by atoms with Crippen LogP contribution in [0.4, 0.5) is 0 Å². The van der Waals surface area contributed by atoms with E-state index in [9.17, 15) is 14.9 Å². The van der Waals surface area contributed by atoms with Gasteiger partial charge in [-0.3, -0.25) is 14.9 Å². The average molecular weight is 326 g/mol. The summed E-state index contributed by atoms with van der Waals surface area (Å²) < 4.78 is 5.95. The SMILES string of the molecule is O=C(N[C@@H]1CCCOc2c1ccc1ccccc21)[C@@H]1C[C@H]1[N+](=O)[O-]. The molecule has 1 amide bonds. The highest BCUT2D eigenvalue weighted by molar-refractivity contribution is 5.90. The summed E-state index contributed by atoms with van der Waals surface area (Å²) in [7, 11) is 0. The molecule has 3 atom stereocenters. The monoisotopic (exact) mass is 326 g/mol. The second kappa shape index (κ2) is 5.78. The van der Waals surface area contributed by atoms with E-state index in [2.05, 4.69) is 5.32 Å². The summed E-state index contributed by atoms with van der Waals surface area (Å²) in [6.07, 6.45) is 1.94. The maximum Gasteiger partial charge on any atom is 0.230 e. The molecule has 2 aromatic carbocycles. The fourth-order valence-electron chi connectivity index (χ4n) is 3.44. The van der Waals surface area contributed by atoms with Crippen molar-refractivity contribution in [2.75, 3.05) is 6.61 Å². The first kappa shape index (κ1) is 14.9. The number of nitrogens with one attached hydrogen (secondary N) is 1. The second-order valence-corrected chi connectivity index (χ2v) is 6.45. The Hall–Kier alpha value is -2.63. The maximum atomic E-state index is 12.3. The van der Waals surface area contributed by atoms with Crippen LogP contribution in [0.15, 0.2) is 36.4 Å². The van der Waals surface area contributed by atoms with E-state index >= 15 is 0 Å². The number of hydrogen-bond donors (Lipinski definition) is 1. The highest BCUT2D eigenvalue weighted by atomic mass is 16.6. The summed E-state index contributed by atoms with van der Waals surface area (Å²) >= 11 is 0. The molecular weight excluding hydrogens is 308 g/mol. The Morgan fingerprint density at radius 2 is 2.08 bits per heavy atom. The predicted molar refractivity (Wildman–Crippen MR) is 88.5 cm³/mol. The van der Waals surface area contributed by atoms with E-state index in [0.29, 0.717) is 13.0 Å². The van der Waals surface area contributed by atoms with Gasteiger partial charge in [0.05, 0.1) is 12.6 Å². The van der Waals surface area contributed by atoms with Crippen LogP contribution in [-0.2, 0) is 4.79 Å². The molecule has 6 nitrogen and oxygen atoms in total. The molecule has 6 heteroatoms. The van der Waals surface area contributed by atoms with Crippen LogP contribution >= 0.6 is 0 Å². The number of hydrogen-bond acceptors (Lipinski definition) is 4. The minimum absolute atomic E-state index is 0.160. The van der Waals surface area contributed by atoms with E-state index in [0.717, 1.165) is 34.9 Å². The number of nitro groups is 1. The second-order valence-electron chi connectivity index (χ2n) is 6.45. The van der Waals surface area contributed by atoms with E-state index in [1.807, 2.05) is 36.4 Å². The zero-order valence-electron chi connectivity index (χ0n) is 13.1. The number of nitrogens with zero attached hydrogens (tertiary/aromatic N) is 1. The molecular formula is C18H18N2O4. The van der Waals surface area contributed by atoms with Crippen LogP contribution in [0.2, 0.25) is 0 Å². The molecule has 1 N–H and O–H groups in total. The number of ether oxygens (including phenoxy) is 1. The van der Waals surface area contributed by atoms with Crippen LogP contribution < -0.4 is 10.1 Å². The van der Waals surface area contributed by atoms with Crippen LogP contribution in [0.5, 0.6) is 5.75 Å². The van der Waals surface area contributed by atoms with E-state index in [-0.39, 0.29) is 16.9 Å². The highest BCUT2D eigenvalue weighted by Crippen LogP contribution is 2.39. The van der Waals surface area contributed by atoms with Gasteiger partial charge in [-0.2, -0.15) is 0 Å². The molecule has 0 aromatic heterocycles. The molecule has 2 aromatic rings. The molecule has 0 spiro atoms. The maximum absolute atomic E-state index is 12.3. The molecule has 1 heterocycles. The molecule has 1 fully saturated rings. The summed E-state index contributed by atoms with van der Waals surface area (Å²) in [6, 6.07) is 11.1. The predicted octanol–water partition coefficient (Wildman–Crippen LogP) is 2.83. The van der Waals surface area contributed by atoms with Crippen LogP contribution in [-0.4, -0.2) is 23.5 Å². The van der Waals surface area contributed by atoms with Gasteiger partial charge in [0.15, 0.2) is 0 Å². The van der Waals surface area contributed by atoms with Crippen molar-refractivity contribution in [3.05, 3.63) is 52.1 Å². The van der Waals surface area contributed by atoms with Gasteiger partial charge in [-0.05, 0) is 18.2 Å². The van der Waals surface area contributed by atoms with E-state index in [1.165, 1.54) is 0 Å². The van der Waals surface area contributed by atoms with Crippen molar-refractivity contribution in [1.82, 2.24) is 5.32 Å². The van der Waals surface area contributed by atoms with E-state index in [4.69, 9.17) is 4.74 Å². The van der Waals surface area contributed by atoms with Gasteiger partial charge in [0, 0.05) is 22.3 Å². The standard InChI is InChI=1S/C18H18N2O4/c21-18(14-10-16(14)20(22)23)19-15-6-3-9-24-17-12-5-2-1-4-11(12)7-8-13(15)17/h1-2,4-5,7-8,14-16H,3,6,9-10H2,(H,19,21)/t14-,15-,16-/m1/s1. The summed E-state index contributed by atoms with van der Waals surface area (Å²) in [5, 5.41) is 15.9. The molecule has 124 valence electrons. The number of carbonyl (C=O) groups excluding carboxylic acids is 1. The number of carbonyl (C=O) groups is 1. The van der Waals surface area contributed by atoms with Gasteiger partial charge in [0.2, 0.25) is 11.9 Å². The first-order valence-corrected chi connectivity index (χ1v) is 8.23. The third kappa shape index (κ3) is 2.58. The lowest BCUT2D eigenvalue weighted by Gasteiger charge is -2.19. The molecule has 0 unspecified atom stereocenters. The topological polar surface area (TPSA) is 81.5 Å². The van der Waals surface area contributed by atoms with Crippen LogP contribution in [0.1, 0.15) is 30.9 Å². The van der Waals surface area contributed by atoms with Crippen molar-refractivity contribution in [1.29, 1.82) is 0 Å². The third-order valence-electron chi connectivity index (χ3n) is 4.85. The molecule has 4 rings (SSSR count). The Morgan fingerprint density at radius 1 is 1.25 bits per heavy atom. The van der Waals surface area contributed by atoms with Crippen LogP contribution in [0, 0.1) is 16.0 Å². The first-order valence-electron chi connectivity index (χ1n) is 8.23. The first-order chi connectivity index (χ1) is 11.6. The lowest BCUT2D eigenvalue weighted by Crippen LogP contribution is -2.31. The molecule has 1 aliphatic heterocycles. The Kier molecular flexibility index (Phi) is 3.59. The summed E-state index contributed by atoms with van der Waals surface area (Å²) in [4.78, 5) is 22.7. The van der Waals surface area contributed by atoms with Gasteiger partial charge in [0.25, 0.3) is 0 Å². The molecule has 2 aliphatic rings. The van der Waals surface area contributed by atoms with Crippen molar-refractivity contribution >= 4 is 16.7 Å². The Labute approximate surface area is 138 Å². The smallest absolute Gasteiger partial charge is 0.230 e. The minimum atomic E-state index is -0.719. The lowest BCUT2D eigenvalue weighted by molar-refractivity contribution is -0.497. The Bertz CT molecular complexity index is 820. The number of fused-ring (bicyclic) bond motifs is 3. The van der Waals surface area contributed by atoms with E-state index in [1.54, 1.807) is 0 Å². The van der Waals surface area contributed by atoms with Gasteiger partial charge in [-0.15, -0.1) is 0 Å². The highest BCUT2D eigenvalue weighted by Gasteiger charge is 2.53. The normalized spacial score (nSPS) is 25.2. The Morgan fingerprint density at radius 3 is 2.88 bits per heavy atom. The molecule has 0 bridgehead atoms. The number of rotatable bonds is 3. The van der Waals surface area contributed by atoms with Gasteiger partial charge >= 0.3 is 0 Å². The van der Waals surface area contributed by atoms with Crippen molar-refractivity contribution in [2.24, 2.45) is 5.92 Å². The molecule has 1 saturated carbocycles. The molecule has 24 heavy (non-hydrogen) atoms. The number of benzene rings is 2. The zero-order chi connectivity index (χ0) is 16.7. The lowest BCUT2D eigenvalue weighted by atomic mass is 9.98. The fraction of sp³-hybridized carbons (Fsp3) is 0.389. The summed E-state index contributed by atoms with van der Waals surface area (Å²) in [6.45, 7) is 0.605. The largest absolute Gasteiger partial charge is 0.493 e. The summed E-state index contributed by atoms with van der Waals surface area (Å²) in [5.41, 5.74) is 0.956. The van der Waals surface area contributed by atoms with Gasteiger partial charge in [-0.1, -0.05) is 36.4 Å². The third-order valence-corrected chi connectivity index (χ3v) is 4.85. The van der Waals surface area contributed by atoms with Crippen molar-refractivity contribution < 1.29 is 14.5 Å². The molecule has 1 aliphatic carbocycles. The number of amides is 1. The molecule has 0 radical (unpaired) electrons. The Balaban J connectivity index is 1.63. The quantitative estimate of drug-likeness (QED) is 0.694. The molecule has 0 saturated heterocycles. The van der Waals surface area contributed by atoms with E-state index < -0.39 is 12.0 Å². The van der Waals surface area contributed by atoms with Gasteiger partial charge in [0.1, 0.15) is 11.7 Å². The minimum Gasteiger partial charge on any atom is -0.493 e. The van der Waals surface area contributed by atoms with Crippen LogP contribution in [0.25, 0.3) is 10.8 Å². The average Bonchev–Trinajstić information content (AvgIpc) is 3.39. The fourth-order valence-corrected chi connectivity index (χ4v) is 3.44. The van der Waals surface area contributed by atoms with Crippen molar-refractivity contribution in [3.63, 3.8) is 0 Å². The van der Waals surface area contributed by atoms with Crippen molar-refractivity contribution in [2.45, 2.75) is 31.3 Å².